The molecule has 2 aromatic rings. The number of benzene rings is 2. The molecule has 7 nitrogen and oxygen atoms in total. The summed E-state index contributed by atoms with van der Waals surface area (Å²) < 4.78 is 19.1. The molecule has 25 heavy (non-hydrogen) atoms. The van der Waals surface area contributed by atoms with E-state index < -0.39 is 22.8 Å². The van der Waals surface area contributed by atoms with Crippen LogP contribution in [0, 0.1) is 15.9 Å². The highest BCUT2D eigenvalue weighted by molar-refractivity contribution is 5.89. The summed E-state index contributed by atoms with van der Waals surface area (Å²) in [4.78, 5) is 22.5. The Morgan fingerprint density at radius 1 is 1.28 bits per heavy atom. The van der Waals surface area contributed by atoms with Crippen LogP contribution < -0.4 is 15.4 Å². The van der Waals surface area contributed by atoms with Gasteiger partial charge in [0.25, 0.3) is 5.69 Å². The van der Waals surface area contributed by atoms with Crippen molar-refractivity contribution < 1.29 is 18.8 Å². The predicted octanol–water partition coefficient (Wildman–Crippen LogP) is 3.77. The molecule has 0 saturated carbocycles. The molecule has 1 heterocycles. The van der Waals surface area contributed by atoms with Crippen molar-refractivity contribution in [1.29, 1.82) is 0 Å². The van der Waals surface area contributed by atoms with Gasteiger partial charge in [0, 0.05) is 23.4 Å². The van der Waals surface area contributed by atoms with Crippen LogP contribution in [-0.2, 0) is 0 Å². The van der Waals surface area contributed by atoms with Gasteiger partial charge in [-0.25, -0.2) is 9.18 Å². The number of nitro groups is 1. The monoisotopic (exact) mass is 345 g/mol. The number of fused-ring (bicyclic) bond motifs is 1. The first kappa shape index (κ1) is 16.7. The van der Waals surface area contributed by atoms with Gasteiger partial charge in [0.05, 0.1) is 17.6 Å². The molecule has 0 aliphatic carbocycles. The van der Waals surface area contributed by atoms with E-state index in [-0.39, 0.29) is 5.69 Å². The zero-order valence-corrected chi connectivity index (χ0v) is 13.2. The molecule has 8 heteroatoms. The molecule has 0 radical (unpaired) electrons. The van der Waals surface area contributed by atoms with Crippen molar-refractivity contribution in [2.45, 2.75) is 18.9 Å². The number of hydrogen-bond donors (Lipinski definition) is 2. The molecule has 3 rings (SSSR count). The van der Waals surface area contributed by atoms with Gasteiger partial charge in [-0.05, 0) is 37.1 Å². The van der Waals surface area contributed by atoms with Crippen molar-refractivity contribution in [3.05, 3.63) is 64.0 Å². The van der Waals surface area contributed by atoms with Crippen LogP contribution in [0.15, 0.2) is 42.5 Å². The van der Waals surface area contributed by atoms with Gasteiger partial charge in [0.1, 0.15) is 11.6 Å². The van der Waals surface area contributed by atoms with E-state index in [0.717, 1.165) is 0 Å². The molecule has 0 saturated heterocycles. The molecular weight excluding hydrogens is 329 g/mol. The maximum absolute atomic E-state index is 13.6. The summed E-state index contributed by atoms with van der Waals surface area (Å²) in [5.74, 6) is 0.134. The standard InChI is InChI=1S/C17H16FN3O4/c18-11-6-7-16-14(9-11)15(5-2-8-25-16)20-17(22)19-12-3-1-4-13(10-12)21(23)24/h1,3-4,6-7,9-10,15H,2,5,8H2,(H2,19,20,22)/t15-/m0/s1. The molecule has 1 atom stereocenters. The number of ether oxygens (including phenoxy) is 1. The van der Waals surface area contributed by atoms with Crippen molar-refractivity contribution in [3.63, 3.8) is 0 Å². The first-order valence-corrected chi connectivity index (χ1v) is 7.77. The normalized spacial score (nSPS) is 16.1. The molecule has 0 bridgehead atoms. The average Bonchev–Trinajstić information content (AvgIpc) is 2.77. The number of nitro benzene ring substituents is 1. The molecule has 1 aliphatic rings. The Labute approximate surface area is 143 Å². The number of anilines is 1. The van der Waals surface area contributed by atoms with E-state index in [1.165, 1.54) is 30.3 Å². The fraction of sp³-hybridized carbons (Fsp3) is 0.235. The Morgan fingerprint density at radius 3 is 2.92 bits per heavy atom. The average molecular weight is 345 g/mol. The Morgan fingerprint density at radius 2 is 2.12 bits per heavy atom. The van der Waals surface area contributed by atoms with E-state index in [2.05, 4.69) is 10.6 Å². The van der Waals surface area contributed by atoms with E-state index in [1.807, 2.05) is 0 Å². The first-order valence-electron chi connectivity index (χ1n) is 7.77. The van der Waals surface area contributed by atoms with Gasteiger partial charge in [0.2, 0.25) is 0 Å². The third kappa shape index (κ3) is 4.03. The largest absolute Gasteiger partial charge is 0.493 e. The summed E-state index contributed by atoms with van der Waals surface area (Å²) in [5.41, 5.74) is 0.760. The highest BCUT2D eigenvalue weighted by Crippen LogP contribution is 2.32. The van der Waals surface area contributed by atoms with E-state index in [1.54, 1.807) is 12.1 Å². The molecule has 0 spiro atoms. The van der Waals surface area contributed by atoms with Crippen molar-refractivity contribution in [2.75, 3.05) is 11.9 Å². The first-order chi connectivity index (χ1) is 12.0. The SMILES string of the molecule is O=C(Nc1cccc([N+](=O)[O-])c1)N[C@H]1CCCOc2ccc(F)cc21. The fourth-order valence-corrected chi connectivity index (χ4v) is 2.72. The van der Waals surface area contributed by atoms with Crippen molar-refractivity contribution in [2.24, 2.45) is 0 Å². The number of rotatable bonds is 3. The van der Waals surface area contributed by atoms with E-state index >= 15 is 0 Å². The lowest BCUT2D eigenvalue weighted by atomic mass is 10.0. The maximum Gasteiger partial charge on any atom is 0.319 e. The van der Waals surface area contributed by atoms with Crippen LogP contribution in [0.5, 0.6) is 5.75 Å². The molecule has 2 N–H and O–H groups in total. The third-order valence-electron chi connectivity index (χ3n) is 3.86. The number of nitrogens with one attached hydrogen (secondary N) is 2. The lowest BCUT2D eigenvalue weighted by Gasteiger charge is -2.19. The summed E-state index contributed by atoms with van der Waals surface area (Å²) in [6.45, 7) is 0.489. The second-order valence-electron chi connectivity index (χ2n) is 5.63. The fourth-order valence-electron chi connectivity index (χ4n) is 2.72. The van der Waals surface area contributed by atoms with Crippen molar-refractivity contribution >= 4 is 17.4 Å². The minimum absolute atomic E-state index is 0.118. The van der Waals surface area contributed by atoms with Gasteiger partial charge in [-0.2, -0.15) is 0 Å². The summed E-state index contributed by atoms with van der Waals surface area (Å²) in [6.07, 6.45) is 1.30. The molecular formula is C17H16FN3O4. The Balaban J connectivity index is 1.74. The summed E-state index contributed by atoms with van der Waals surface area (Å²) in [5, 5.41) is 16.1. The topological polar surface area (TPSA) is 93.5 Å². The number of non-ortho nitro benzene ring substituents is 1. The van der Waals surface area contributed by atoms with Crippen molar-refractivity contribution in [1.82, 2.24) is 5.32 Å². The number of urea groups is 1. The second-order valence-corrected chi connectivity index (χ2v) is 5.63. The second kappa shape index (κ2) is 7.16. The third-order valence-corrected chi connectivity index (χ3v) is 3.86. The van der Waals surface area contributed by atoms with Crippen LogP contribution >= 0.6 is 0 Å². The smallest absolute Gasteiger partial charge is 0.319 e. The van der Waals surface area contributed by atoms with Crippen LogP contribution in [-0.4, -0.2) is 17.6 Å². The Kier molecular flexibility index (Phi) is 4.78. The van der Waals surface area contributed by atoms with Gasteiger partial charge in [0.15, 0.2) is 0 Å². The molecule has 130 valence electrons. The Hall–Kier alpha value is -3.16. The number of carbonyl (C=O) groups is 1. The lowest BCUT2D eigenvalue weighted by molar-refractivity contribution is -0.384. The maximum atomic E-state index is 13.6. The number of halogens is 1. The zero-order valence-electron chi connectivity index (χ0n) is 13.2. The van der Waals surface area contributed by atoms with Crippen LogP contribution in [0.1, 0.15) is 24.4 Å². The summed E-state index contributed by atoms with van der Waals surface area (Å²) in [6, 6.07) is 8.91. The number of carbonyl (C=O) groups excluding carboxylic acids is 1. The molecule has 0 unspecified atom stereocenters. The Bertz CT molecular complexity index is 812. The summed E-state index contributed by atoms with van der Waals surface area (Å²) in [7, 11) is 0. The van der Waals surface area contributed by atoms with E-state index in [4.69, 9.17) is 4.74 Å². The van der Waals surface area contributed by atoms with Crippen molar-refractivity contribution in [3.8, 4) is 5.75 Å². The van der Waals surface area contributed by atoms with Gasteiger partial charge in [-0.15, -0.1) is 0 Å². The van der Waals surface area contributed by atoms with Gasteiger partial charge in [-0.3, -0.25) is 10.1 Å². The highest BCUT2D eigenvalue weighted by Gasteiger charge is 2.22. The van der Waals surface area contributed by atoms with Crippen LogP contribution in [0.2, 0.25) is 0 Å². The predicted molar refractivity (Wildman–Crippen MR) is 89.1 cm³/mol. The van der Waals surface area contributed by atoms with E-state index in [0.29, 0.717) is 36.4 Å². The van der Waals surface area contributed by atoms with Gasteiger partial charge in [-0.1, -0.05) is 6.07 Å². The lowest BCUT2D eigenvalue weighted by Crippen LogP contribution is -2.32. The number of hydrogen-bond acceptors (Lipinski definition) is 4. The van der Waals surface area contributed by atoms with Crippen LogP contribution in [0.4, 0.5) is 20.6 Å². The quantitative estimate of drug-likeness (QED) is 0.654. The zero-order chi connectivity index (χ0) is 17.8. The number of amides is 2. The molecule has 0 aromatic heterocycles. The van der Waals surface area contributed by atoms with Crippen LogP contribution in [0.25, 0.3) is 0 Å². The highest BCUT2D eigenvalue weighted by atomic mass is 19.1. The number of nitrogens with zero attached hydrogens (tertiary/aromatic N) is 1. The van der Waals surface area contributed by atoms with Gasteiger partial charge >= 0.3 is 6.03 Å². The molecule has 2 aromatic carbocycles. The minimum atomic E-state index is -0.537. The molecule has 1 aliphatic heterocycles. The van der Waals surface area contributed by atoms with Crippen LogP contribution in [0.3, 0.4) is 0 Å². The molecule has 2 amide bonds. The van der Waals surface area contributed by atoms with E-state index in [9.17, 15) is 19.3 Å². The minimum Gasteiger partial charge on any atom is -0.493 e. The summed E-state index contributed by atoms with van der Waals surface area (Å²) >= 11 is 0. The van der Waals surface area contributed by atoms with Gasteiger partial charge < -0.3 is 15.4 Å². The molecule has 0 fully saturated rings.